The molecular formula is C8H10FeLiO4P. The van der Waals surface area contributed by atoms with E-state index in [1.807, 2.05) is 18.2 Å². The van der Waals surface area contributed by atoms with E-state index in [-0.39, 0.29) is 37.4 Å². The third kappa shape index (κ3) is 8.99. The molecule has 0 aliphatic rings. The molecule has 0 saturated carbocycles. The normalized spacial score (nSPS) is 10.3. The van der Waals surface area contributed by atoms with Crippen molar-refractivity contribution in [3.05, 3.63) is 42.2 Å². The SMILES string of the molecule is O=P(O)(O)OC=Cc1ccccc1.[Fe].[H-].[Li+]. The molecule has 4 nitrogen and oxygen atoms in total. The van der Waals surface area contributed by atoms with E-state index in [9.17, 15) is 4.57 Å². The summed E-state index contributed by atoms with van der Waals surface area (Å²) < 4.78 is 14.4. The molecule has 0 bridgehead atoms. The second-order valence-electron chi connectivity index (χ2n) is 2.31. The van der Waals surface area contributed by atoms with Gasteiger partial charge in [-0.2, -0.15) is 0 Å². The average molecular weight is 264 g/mol. The van der Waals surface area contributed by atoms with Crippen LogP contribution in [0, 0.1) is 0 Å². The third-order valence-electron chi connectivity index (χ3n) is 1.26. The third-order valence-corrected chi connectivity index (χ3v) is 1.65. The fraction of sp³-hybridized carbons (Fsp3) is 0. The van der Waals surface area contributed by atoms with Crippen molar-refractivity contribution in [2.45, 2.75) is 0 Å². The van der Waals surface area contributed by atoms with Gasteiger partial charge in [-0.05, 0) is 11.6 Å². The van der Waals surface area contributed by atoms with Crippen molar-refractivity contribution in [2.24, 2.45) is 0 Å². The molecule has 0 saturated heterocycles. The van der Waals surface area contributed by atoms with Crippen LogP contribution in [0.5, 0.6) is 0 Å². The molecule has 0 spiro atoms. The summed E-state index contributed by atoms with van der Waals surface area (Å²) >= 11 is 0. The summed E-state index contributed by atoms with van der Waals surface area (Å²) in [6, 6.07) is 9.06. The van der Waals surface area contributed by atoms with Gasteiger partial charge in [0.2, 0.25) is 0 Å². The number of phosphoric acid groups is 1. The zero-order chi connectivity index (χ0) is 9.73. The first kappa shape index (κ1) is 17.4. The quantitative estimate of drug-likeness (QED) is 0.412. The van der Waals surface area contributed by atoms with Crippen LogP contribution < -0.4 is 18.9 Å². The molecule has 0 aliphatic carbocycles. The summed E-state index contributed by atoms with van der Waals surface area (Å²) in [5, 5.41) is 0. The van der Waals surface area contributed by atoms with Gasteiger partial charge < -0.3 is 5.95 Å². The average Bonchev–Trinajstić information content (AvgIpc) is 2.04. The fourth-order valence-electron chi connectivity index (χ4n) is 0.752. The Labute approximate surface area is 112 Å². The van der Waals surface area contributed by atoms with Crippen molar-refractivity contribution in [1.29, 1.82) is 0 Å². The van der Waals surface area contributed by atoms with Crippen LogP contribution in [-0.4, -0.2) is 9.79 Å². The van der Waals surface area contributed by atoms with E-state index in [2.05, 4.69) is 4.52 Å². The van der Waals surface area contributed by atoms with Gasteiger partial charge in [0.15, 0.2) is 0 Å². The van der Waals surface area contributed by atoms with Gasteiger partial charge in [0.05, 0.1) is 6.26 Å². The van der Waals surface area contributed by atoms with Gasteiger partial charge >= 0.3 is 26.7 Å². The van der Waals surface area contributed by atoms with Gasteiger partial charge in [-0.3, -0.25) is 9.79 Å². The van der Waals surface area contributed by atoms with Crippen LogP contribution in [0.2, 0.25) is 0 Å². The molecule has 0 fully saturated rings. The predicted molar refractivity (Wildman–Crippen MR) is 49.7 cm³/mol. The van der Waals surface area contributed by atoms with Crippen LogP contribution in [-0.2, 0) is 26.2 Å². The van der Waals surface area contributed by atoms with Crippen LogP contribution in [0.15, 0.2) is 36.6 Å². The minimum absolute atomic E-state index is 0. The molecule has 80 valence electrons. The summed E-state index contributed by atoms with van der Waals surface area (Å²) in [6.07, 6.45) is 2.45. The molecule has 0 aliphatic heterocycles. The molecule has 0 aromatic heterocycles. The minimum atomic E-state index is -4.39. The number of hydrogen-bond donors (Lipinski definition) is 2. The van der Waals surface area contributed by atoms with Gasteiger partial charge in [0.1, 0.15) is 0 Å². The Morgan fingerprint density at radius 3 is 2.27 bits per heavy atom. The van der Waals surface area contributed by atoms with E-state index in [1.54, 1.807) is 12.1 Å². The molecule has 0 radical (unpaired) electrons. The van der Waals surface area contributed by atoms with Crippen molar-refractivity contribution in [3.8, 4) is 0 Å². The second-order valence-corrected chi connectivity index (χ2v) is 3.50. The number of benzene rings is 1. The van der Waals surface area contributed by atoms with E-state index >= 15 is 0 Å². The van der Waals surface area contributed by atoms with Crippen LogP contribution >= 0.6 is 7.82 Å². The maximum atomic E-state index is 10.2. The Morgan fingerprint density at radius 2 is 1.80 bits per heavy atom. The Kier molecular flexibility index (Phi) is 9.54. The Bertz CT molecular complexity index is 343. The van der Waals surface area contributed by atoms with Crippen molar-refractivity contribution in [1.82, 2.24) is 0 Å². The molecule has 1 rings (SSSR count). The number of rotatable bonds is 3. The van der Waals surface area contributed by atoms with E-state index in [1.165, 1.54) is 6.08 Å². The summed E-state index contributed by atoms with van der Waals surface area (Å²) in [5.41, 5.74) is 0.816. The van der Waals surface area contributed by atoms with Gasteiger partial charge in [-0.15, -0.1) is 0 Å². The van der Waals surface area contributed by atoms with Gasteiger partial charge in [0.25, 0.3) is 0 Å². The summed E-state index contributed by atoms with van der Waals surface area (Å²) in [6.45, 7) is 0. The second kappa shape index (κ2) is 8.21. The zero-order valence-corrected chi connectivity index (χ0v) is 10.1. The molecule has 2 N–H and O–H groups in total. The first-order valence-corrected chi connectivity index (χ1v) is 5.06. The van der Waals surface area contributed by atoms with Crippen LogP contribution in [0.1, 0.15) is 6.99 Å². The number of hydrogen-bond acceptors (Lipinski definition) is 2. The monoisotopic (exact) mass is 264 g/mol. The Hall–Kier alpha value is 0.0269. The van der Waals surface area contributed by atoms with Gasteiger partial charge in [-0.25, -0.2) is 4.57 Å². The van der Waals surface area contributed by atoms with E-state index in [0.29, 0.717) is 0 Å². The number of phosphoric ester groups is 1. The maximum Gasteiger partial charge on any atom is 1.00 e. The standard InChI is InChI=1S/C8H9O4P.Fe.Li.H/c9-13(10,11)12-7-6-8-4-2-1-3-5-8;;;/h1-7H,(H2,9,10,11);;;/q;;+1;-1. The zero-order valence-electron chi connectivity index (χ0n) is 9.05. The summed E-state index contributed by atoms with van der Waals surface area (Å²) in [5.74, 6) is 0. The smallest absolute Gasteiger partial charge is 1.00 e. The first-order chi connectivity index (χ1) is 6.08. The van der Waals surface area contributed by atoms with Crippen LogP contribution in [0.25, 0.3) is 6.08 Å². The molecule has 15 heavy (non-hydrogen) atoms. The van der Waals surface area contributed by atoms with Crippen molar-refractivity contribution >= 4 is 13.9 Å². The van der Waals surface area contributed by atoms with Crippen molar-refractivity contribution in [3.63, 3.8) is 0 Å². The Balaban J connectivity index is -0.000000563. The largest absolute Gasteiger partial charge is 1.00 e. The predicted octanol–water partition coefficient (Wildman–Crippen LogP) is -1.12. The van der Waals surface area contributed by atoms with Crippen LogP contribution in [0.4, 0.5) is 0 Å². The molecule has 0 amide bonds. The summed E-state index contributed by atoms with van der Waals surface area (Å²) in [7, 11) is -4.39. The van der Waals surface area contributed by atoms with Gasteiger partial charge in [0, 0.05) is 17.1 Å². The fourth-order valence-corrected chi connectivity index (χ4v) is 0.972. The van der Waals surface area contributed by atoms with E-state index in [4.69, 9.17) is 9.79 Å². The topological polar surface area (TPSA) is 66.8 Å². The first-order valence-electron chi connectivity index (χ1n) is 3.53. The molecule has 1 aromatic carbocycles. The maximum absolute atomic E-state index is 10.2. The van der Waals surface area contributed by atoms with E-state index in [0.717, 1.165) is 11.8 Å². The summed E-state index contributed by atoms with van der Waals surface area (Å²) in [4.78, 5) is 16.7. The molecule has 0 unspecified atom stereocenters. The molecule has 7 heteroatoms. The van der Waals surface area contributed by atoms with Gasteiger partial charge in [-0.1, -0.05) is 30.3 Å². The molecule has 0 heterocycles. The molecular weight excluding hydrogens is 254 g/mol. The van der Waals surface area contributed by atoms with Crippen molar-refractivity contribution in [2.75, 3.05) is 0 Å². The minimum Gasteiger partial charge on any atom is -1.00 e. The molecule has 1 aromatic rings. The van der Waals surface area contributed by atoms with Crippen LogP contribution in [0.3, 0.4) is 0 Å². The van der Waals surface area contributed by atoms with Crippen molar-refractivity contribution < 1.29 is 56.2 Å². The Morgan fingerprint density at radius 1 is 1.27 bits per heavy atom. The molecule has 0 atom stereocenters. The van der Waals surface area contributed by atoms with E-state index < -0.39 is 7.82 Å².